The molecule has 0 aromatic rings. The van der Waals surface area contributed by atoms with Gasteiger partial charge in [0, 0.05) is 12.8 Å². The van der Waals surface area contributed by atoms with Crippen molar-refractivity contribution in [3.8, 4) is 0 Å². The molecule has 0 aliphatic carbocycles. The van der Waals surface area contributed by atoms with E-state index in [2.05, 4.69) is 0 Å². The lowest BCUT2D eigenvalue weighted by Gasteiger charge is -2.05. The first kappa shape index (κ1) is 32.1. The molecule has 2 rings (SSSR count). The minimum absolute atomic E-state index is 0.0636. The first-order valence-corrected chi connectivity index (χ1v) is 15.8. The van der Waals surface area contributed by atoms with Crippen LogP contribution in [-0.4, -0.2) is 50.6 Å². The van der Waals surface area contributed by atoms with Gasteiger partial charge in [-0.3, -0.25) is 9.59 Å². The topological polar surface area (TPSA) is 77.7 Å². The van der Waals surface area contributed by atoms with E-state index in [4.69, 9.17) is 18.9 Å². The van der Waals surface area contributed by atoms with Crippen LogP contribution in [0.4, 0.5) is 0 Å². The number of epoxide rings is 2. The molecule has 2 heterocycles. The van der Waals surface area contributed by atoms with Crippen LogP contribution in [0.5, 0.6) is 0 Å². The van der Waals surface area contributed by atoms with Crippen molar-refractivity contribution in [2.75, 3.05) is 26.4 Å². The molecule has 0 spiro atoms. The van der Waals surface area contributed by atoms with Crippen molar-refractivity contribution in [1.29, 1.82) is 0 Å². The lowest BCUT2D eigenvalue weighted by atomic mass is 10.0. The van der Waals surface area contributed by atoms with Gasteiger partial charge in [-0.15, -0.1) is 0 Å². The second kappa shape index (κ2) is 22.8. The van der Waals surface area contributed by atoms with Gasteiger partial charge in [0.05, 0.1) is 13.2 Å². The van der Waals surface area contributed by atoms with Crippen LogP contribution in [0.3, 0.4) is 0 Å². The van der Waals surface area contributed by atoms with Crippen LogP contribution in [0.1, 0.15) is 148 Å². The van der Waals surface area contributed by atoms with Gasteiger partial charge in [-0.05, 0) is 12.8 Å². The zero-order valence-corrected chi connectivity index (χ0v) is 23.7. The zero-order valence-electron chi connectivity index (χ0n) is 23.7. The van der Waals surface area contributed by atoms with Crippen molar-refractivity contribution in [2.45, 2.75) is 160 Å². The molecule has 0 radical (unpaired) electrons. The number of rotatable bonds is 28. The predicted octanol–water partition coefficient (Wildman–Crippen LogP) is 7.84. The minimum Gasteiger partial charge on any atom is -0.463 e. The highest BCUT2D eigenvalue weighted by Gasteiger charge is 2.24. The van der Waals surface area contributed by atoms with Gasteiger partial charge in [-0.1, -0.05) is 122 Å². The average Bonchev–Trinajstić information content (AvgIpc) is 3.82. The smallest absolute Gasteiger partial charge is 0.305 e. The summed E-state index contributed by atoms with van der Waals surface area (Å²) in [5.41, 5.74) is 0. The Balaban J connectivity index is 1.15. The van der Waals surface area contributed by atoms with Crippen molar-refractivity contribution < 1.29 is 28.5 Å². The number of hydrogen-bond donors (Lipinski definition) is 0. The summed E-state index contributed by atoms with van der Waals surface area (Å²) < 4.78 is 20.4. The number of esters is 2. The van der Waals surface area contributed by atoms with E-state index in [-0.39, 0.29) is 24.1 Å². The van der Waals surface area contributed by atoms with E-state index in [9.17, 15) is 9.59 Å². The molecule has 0 aromatic carbocycles. The van der Waals surface area contributed by atoms with Gasteiger partial charge in [0.1, 0.15) is 25.4 Å². The van der Waals surface area contributed by atoms with E-state index in [0.717, 1.165) is 38.9 Å². The van der Waals surface area contributed by atoms with Crippen molar-refractivity contribution in [1.82, 2.24) is 0 Å². The Kier molecular flexibility index (Phi) is 19.8. The summed E-state index contributed by atoms with van der Waals surface area (Å²) in [6, 6.07) is 0. The highest BCUT2D eigenvalue weighted by molar-refractivity contribution is 5.69. The monoisotopic (exact) mass is 524 g/mol. The Hall–Kier alpha value is -1.14. The number of hydrogen-bond acceptors (Lipinski definition) is 6. The predicted molar refractivity (Wildman–Crippen MR) is 148 cm³/mol. The molecule has 2 aliphatic rings. The largest absolute Gasteiger partial charge is 0.463 e. The molecule has 216 valence electrons. The molecule has 0 saturated carbocycles. The summed E-state index contributed by atoms with van der Waals surface area (Å²) in [6.07, 6.45) is 28.8. The second-order valence-corrected chi connectivity index (χ2v) is 11.2. The van der Waals surface area contributed by atoms with E-state index in [1.807, 2.05) is 0 Å². The molecule has 0 aromatic heterocycles. The van der Waals surface area contributed by atoms with Crippen LogP contribution in [0.2, 0.25) is 0 Å². The van der Waals surface area contributed by atoms with Crippen molar-refractivity contribution in [3.63, 3.8) is 0 Å². The van der Waals surface area contributed by atoms with Gasteiger partial charge in [0.15, 0.2) is 0 Å². The van der Waals surface area contributed by atoms with E-state index in [0.29, 0.717) is 26.1 Å². The Morgan fingerprint density at radius 1 is 0.432 bits per heavy atom. The third-order valence-electron chi connectivity index (χ3n) is 7.43. The van der Waals surface area contributed by atoms with Crippen LogP contribution in [0, 0.1) is 0 Å². The number of unbranched alkanes of at least 4 members (excludes halogenated alkanes) is 20. The average molecular weight is 525 g/mol. The van der Waals surface area contributed by atoms with E-state index >= 15 is 0 Å². The SMILES string of the molecule is O=C(CCCCCCCCCCCCCCCCCCCCCCCC(=O)OCC1CO1)OCC1CO1. The van der Waals surface area contributed by atoms with E-state index in [1.165, 1.54) is 109 Å². The van der Waals surface area contributed by atoms with E-state index in [1.54, 1.807) is 0 Å². The van der Waals surface area contributed by atoms with E-state index < -0.39 is 0 Å². The minimum atomic E-state index is -0.0636. The highest BCUT2D eigenvalue weighted by atomic mass is 16.6. The Morgan fingerprint density at radius 2 is 0.649 bits per heavy atom. The van der Waals surface area contributed by atoms with Gasteiger partial charge in [0.2, 0.25) is 0 Å². The maximum atomic E-state index is 11.5. The Labute approximate surface area is 226 Å². The standard InChI is InChI=1S/C31H56O6/c32-30(36-26-28-24-34-28)22-20-18-16-14-12-10-8-6-4-2-1-3-5-7-9-11-13-15-17-19-21-23-31(33)37-27-29-25-35-29/h28-29H,1-27H2. The molecule has 2 atom stereocenters. The van der Waals surface area contributed by atoms with Gasteiger partial charge < -0.3 is 18.9 Å². The first-order chi connectivity index (χ1) is 18.2. The second-order valence-electron chi connectivity index (χ2n) is 11.2. The normalized spacial score (nSPS) is 18.1. The van der Waals surface area contributed by atoms with Crippen LogP contribution in [0.25, 0.3) is 0 Å². The van der Waals surface area contributed by atoms with Crippen molar-refractivity contribution in [2.24, 2.45) is 0 Å². The lowest BCUT2D eigenvalue weighted by Crippen LogP contribution is -2.09. The van der Waals surface area contributed by atoms with Crippen molar-refractivity contribution >= 4 is 11.9 Å². The molecule has 2 fully saturated rings. The summed E-state index contributed by atoms with van der Waals surface area (Å²) >= 11 is 0. The summed E-state index contributed by atoms with van der Waals surface area (Å²) in [6.45, 7) is 2.39. The zero-order chi connectivity index (χ0) is 26.2. The van der Waals surface area contributed by atoms with Crippen LogP contribution >= 0.6 is 0 Å². The summed E-state index contributed by atoms with van der Waals surface area (Å²) in [5.74, 6) is -0.127. The molecule has 2 saturated heterocycles. The maximum absolute atomic E-state index is 11.5. The molecule has 37 heavy (non-hydrogen) atoms. The van der Waals surface area contributed by atoms with Crippen LogP contribution in [-0.2, 0) is 28.5 Å². The number of carbonyl (C=O) groups excluding carboxylic acids is 2. The molecule has 2 aliphatic heterocycles. The van der Waals surface area contributed by atoms with Gasteiger partial charge in [-0.25, -0.2) is 0 Å². The molecule has 0 bridgehead atoms. The van der Waals surface area contributed by atoms with Gasteiger partial charge in [-0.2, -0.15) is 0 Å². The van der Waals surface area contributed by atoms with Gasteiger partial charge in [0.25, 0.3) is 0 Å². The molecule has 6 nitrogen and oxygen atoms in total. The fourth-order valence-corrected chi connectivity index (χ4v) is 4.74. The van der Waals surface area contributed by atoms with Crippen LogP contribution < -0.4 is 0 Å². The molecular formula is C31H56O6. The third-order valence-corrected chi connectivity index (χ3v) is 7.43. The fraction of sp³-hybridized carbons (Fsp3) is 0.935. The molecule has 6 heteroatoms. The lowest BCUT2D eigenvalue weighted by molar-refractivity contribution is -0.145. The Morgan fingerprint density at radius 3 is 0.865 bits per heavy atom. The summed E-state index contributed by atoms with van der Waals surface area (Å²) in [5, 5.41) is 0. The third kappa shape index (κ3) is 22.5. The fourth-order valence-electron chi connectivity index (χ4n) is 4.74. The number of carbonyl (C=O) groups is 2. The Bertz CT molecular complexity index is 510. The van der Waals surface area contributed by atoms with Crippen molar-refractivity contribution in [3.05, 3.63) is 0 Å². The summed E-state index contributed by atoms with van der Waals surface area (Å²) in [4.78, 5) is 23.1. The quantitative estimate of drug-likeness (QED) is 0.0589. The summed E-state index contributed by atoms with van der Waals surface area (Å²) in [7, 11) is 0. The first-order valence-electron chi connectivity index (χ1n) is 15.8. The molecule has 0 N–H and O–H groups in total. The van der Waals surface area contributed by atoms with Gasteiger partial charge >= 0.3 is 11.9 Å². The molecule has 0 amide bonds. The molecular weight excluding hydrogens is 468 g/mol. The number of ether oxygens (including phenoxy) is 4. The maximum Gasteiger partial charge on any atom is 0.305 e. The van der Waals surface area contributed by atoms with Crippen LogP contribution in [0.15, 0.2) is 0 Å². The molecule has 2 unspecified atom stereocenters. The highest BCUT2D eigenvalue weighted by Crippen LogP contribution is 2.16.